The largest absolute Gasteiger partial charge is 0.324 e. The molecule has 1 fully saturated rings. The van der Waals surface area contributed by atoms with Gasteiger partial charge in [-0.15, -0.1) is 11.3 Å². The first-order chi connectivity index (χ1) is 7.07. The van der Waals surface area contributed by atoms with Crippen LogP contribution < -0.4 is 5.73 Å². The van der Waals surface area contributed by atoms with Crippen molar-refractivity contribution in [2.75, 3.05) is 13.6 Å². The van der Waals surface area contributed by atoms with Crippen LogP contribution in [-0.4, -0.2) is 29.0 Å². The van der Waals surface area contributed by atoms with E-state index in [9.17, 15) is 0 Å². The molecule has 0 unspecified atom stereocenters. The molecule has 1 heterocycles. The predicted octanol–water partition coefficient (Wildman–Crippen LogP) is 1.76. The Bertz CT molecular complexity index is 330. The number of aryl methyl sites for hydroxylation is 1. The average Bonchev–Trinajstić information content (AvgIpc) is 2.48. The summed E-state index contributed by atoms with van der Waals surface area (Å²) in [6.07, 6.45) is 3.64. The average molecular weight is 225 g/mol. The highest BCUT2D eigenvalue weighted by Gasteiger charge is 2.33. The highest BCUT2D eigenvalue weighted by atomic mass is 32.1. The van der Waals surface area contributed by atoms with Gasteiger partial charge in [0, 0.05) is 24.0 Å². The van der Waals surface area contributed by atoms with Crippen LogP contribution in [0.15, 0.2) is 5.38 Å². The van der Waals surface area contributed by atoms with E-state index in [0.29, 0.717) is 0 Å². The van der Waals surface area contributed by atoms with Crippen molar-refractivity contribution in [3.63, 3.8) is 0 Å². The van der Waals surface area contributed by atoms with Gasteiger partial charge in [-0.05, 0) is 33.2 Å². The standard InChI is InChI=1S/C11H19N3S/c1-9-13-10(7-15-9)6-14(2)8-11(12)4-3-5-11/h7H,3-6,8,12H2,1-2H3. The van der Waals surface area contributed by atoms with Gasteiger partial charge >= 0.3 is 0 Å². The quantitative estimate of drug-likeness (QED) is 0.849. The molecule has 2 rings (SSSR count). The number of thiazole rings is 1. The Morgan fingerprint density at radius 3 is 2.80 bits per heavy atom. The summed E-state index contributed by atoms with van der Waals surface area (Å²) in [5, 5.41) is 3.28. The lowest BCUT2D eigenvalue weighted by Gasteiger charge is -2.40. The molecule has 4 heteroatoms. The minimum Gasteiger partial charge on any atom is -0.324 e. The predicted molar refractivity (Wildman–Crippen MR) is 64.0 cm³/mol. The number of nitrogens with zero attached hydrogens (tertiary/aromatic N) is 2. The summed E-state index contributed by atoms with van der Waals surface area (Å²) in [6.45, 7) is 3.96. The van der Waals surface area contributed by atoms with Crippen molar-refractivity contribution in [1.82, 2.24) is 9.88 Å². The fourth-order valence-electron chi connectivity index (χ4n) is 2.14. The summed E-state index contributed by atoms with van der Waals surface area (Å²) in [5.41, 5.74) is 7.46. The van der Waals surface area contributed by atoms with Gasteiger partial charge in [-0.2, -0.15) is 0 Å². The third-order valence-electron chi connectivity index (χ3n) is 3.03. The number of nitrogens with two attached hydrogens (primary N) is 1. The maximum atomic E-state index is 6.20. The molecule has 0 atom stereocenters. The van der Waals surface area contributed by atoms with Crippen molar-refractivity contribution >= 4 is 11.3 Å². The van der Waals surface area contributed by atoms with E-state index in [1.807, 2.05) is 6.92 Å². The second-order valence-electron chi connectivity index (χ2n) is 4.75. The van der Waals surface area contributed by atoms with Crippen LogP contribution in [0.3, 0.4) is 0 Å². The first kappa shape index (κ1) is 11.0. The van der Waals surface area contributed by atoms with E-state index >= 15 is 0 Å². The maximum absolute atomic E-state index is 6.20. The van der Waals surface area contributed by atoms with Crippen LogP contribution in [0.5, 0.6) is 0 Å². The van der Waals surface area contributed by atoms with Crippen molar-refractivity contribution in [2.45, 2.75) is 38.3 Å². The summed E-state index contributed by atoms with van der Waals surface area (Å²) in [7, 11) is 2.13. The van der Waals surface area contributed by atoms with E-state index in [4.69, 9.17) is 5.73 Å². The molecule has 0 aliphatic heterocycles. The molecule has 0 saturated heterocycles. The van der Waals surface area contributed by atoms with E-state index in [0.717, 1.165) is 18.1 Å². The lowest BCUT2D eigenvalue weighted by Crippen LogP contribution is -2.54. The van der Waals surface area contributed by atoms with E-state index in [1.54, 1.807) is 11.3 Å². The van der Waals surface area contributed by atoms with Crippen molar-refractivity contribution in [3.05, 3.63) is 16.1 Å². The highest BCUT2D eigenvalue weighted by Crippen LogP contribution is 2.29. The minimum atomic E-state index is 0.0832. The smallest absolute Gasteiger partial charge is 0.0897 e. The zero-order chi connectivity index (χ0) is 10.9. The summed E-state index contributed by atoms with van der Waals surface area (Å²) in [4.78, 5) is 6.75. The number of rotatable bonds is 4. The molecule has 1 saturated carbocycles. The van der Waals surface area contributed by atoms with Crippen molar-refractivity contribution in [3.8, 4) is 0 Å². The first-order valence-corrected chi connectivity index (χ1v) is 6.34. The lowest BCUT2D eigenvalue weighted by atomic mass is 9.77. The maximum Gasteiger partial charge on any atom is 0.0897 e. The van der Waals surface area contributed by atoms with E-state index in [1.165, 1.54) is 25.0 Å². The third kappa shape index (κ3) is 2.77. The molecule has 0 bridgehead atoms. The zero-order valence-electron chi connectivity index (χ0n) is 9.49. The molecule has 1 aromatic rings. The molecular weight excluding hydrogens is 206 g/mol. The van der Waals surface area contributed by atoms with Crippen LogP contribution >= 0.6 is 11.3 Å². The van der Waals surface area contributed by atoms with E-state index in [2.05, 4.69) is 22.3 Å². The normalized spacial score (nSPS) is 19.2. The fraction of sp³-hybridized carbons (Fsp3) is 0.727. The Morgan fingerprint density at radius 1 is 1.60 bits per heavy atom. The van der Waals surface area contributed by atoms with Gasteiger partial charge in [-0.3, -0.25) is 4.90 Å². The van der Waals surface area contributed by atoms with E-state index in [-0.39, 0.29) is 5.54 Å². The SMILES string of the molecule is Cc1nc(CN(C)CC2(N)CCC2)cs1. The van der Waals surface area contributed by atoms with Crippen LogP contribution in [0.2, 0.25) is 0 Å². The second-order valence-corrected chi connectivity index (χ2v) is 5.81. The molecule has 1 aromatic heterocycles. The molecule has 15 heavy (non-hydrogen) atoms. The van der Waals surface area contributed by atoms with Crippen LogP contribution in [0, 0.1) is 6.92 Å². The molecule has 0 spiro atoms. The molecule has 0 amide bonds. The van der Waals surface area contributed by atoms with Crippen LogP contribution in [0.25, 0.3) is 0 Å². The number of hydrogen-bond acceptors (Lipinski definition) is 4. The number of likely N-dealkylation sites (N-methyl/N-ethyl adjacent to an activating group) is 1. The van der Waals surface area contributed by atoms with Crippen LogP contribution in [0.1, 0.15) is 30.0 Å². The Labute approximate surface area is 95.3 Å². The minimum absolute atomic E-state index is 0.0832. The molecule has 0 aromatic carbocycles. The van der Waals surface area contributed by atoms with Gasteiger partial charge in [-0.1, -0.05) is 0 Å². The molecule has 3 nitrogen and oxygen atoms in total. The third-order valence-corrected chi connectivity index (χ3v) is 3.85. The van der Waals surface area contributed by atoms with Gasteiger partial charge in [-0.25, -0.2) is 4.98 Å². The van der Waals surface area contributed by atoms with Crippen molar-refractivity contribution < 1.29 is 0 Å². The van der Waals surface area contributed by atoms with E-state index < -0.39 is 0 Å². The van der Waals surface area contributed by atoms with Gasteiger partial charge in [0.05, 0.1) is 10.7 Å². The Kier molecular flexibility index (Phi) is 3.09. The summed E-state index contributed by atoms with van der Waals surface area (Å²) in [5.74, 6) is 0. The van der Waals surface area contributed by atoms with Crippen molar-refractivity contribution in [1.29, 1.82) is 0 Å². The Balaban J connectivity index is 1.84. The molecule has 84 valence electrons. The molecular formula is C11H19N3S. The van der Waals surface area contributed by atoms with Gasteiger partial charge in [0.2, 0.25) is 0 Å². The lowest BCUT2D eigenvalue weighted by molar-refractivity contribution is 0.160. The molecule has 2 N–H and O–H groups in total. The number of hydrogen-bond donors (Lipinski definition) is 1. The molecule has 0 radical (unpaired) electrons. The fourth-order valence-corrected chi connectivity index (χ4v) is 2.74. The Morgan fingerprint density at radius 2 is 2.33 bits per heavy atom. The topological polar surface area (TPSA) is 42.2 Å². The second kappa shape index (κ2) is 4.20. The van der Waals surface area contributed by atoms with Gasteiger partial charge in [0.1, 0.15) is 0 Å². The molecule has 1 aliphatic carbocycles. The van der Waals surface area contributed by atoms with Crippen molar-refractivity contribution in [2.24, 2.45) is 5.73 Å². The zero-order valence-corrected chi connectivity index (χ0v) is 10.3. The van der Waals surface area contributed by atoms with Gasteiger partial charge in [0.15, 0.2) is 0 Å². The summed E-state index contributed by atoms with van der Waals surface area (Å²) in [6, 6.07) is 0. The van der Waals surface area contributed by atoms with Gasteiger partial charge < -0.3 is 5.73 Å². The van der Waals surface area contributed by atoms with Gasteiger partial charge in [0.25, 0.3) is 0 Å². The monoisotopic (exact) mass is 225 g/mol. The van der Waals surface area contributed by atoms with Crippen LogP contribution in [0.4, 0.5) is 0 Å². The van der Waals surface area contributed by atoms with Crippen LogP contribution in [-0.2, 0) is 6.54 Å². The Hall–Kier alpha value is -0.450. The summed E-state index contributed by atoms with van der Waals surface area (Å²) < 4.78 is 0. The number of aromatic nitrogens is 1. The summed E-state index contributed by atoms with van der Waals surface area (Å²) >= 11 is 1.72. The first-order valence-electron chi connectivity index (χ1n) is 5.46. The molecule has 1 aliphatic rings. The highest BCUT2D eigenvalue weighted by molar-refractivity contribution is 7.09.